The predicted molar refractivity (Wildman–Crippen MR) is 87.4 cm³/mol. The van der Waals surface area contributed by atoms with Crippen molar-refractivity contribution in [2.75, 3.05) is 11.4 Å². The number of anilines is 2. The SMILES string of the molecule is CCCCN(c1ccccc1)c1ccc(C(C)N)cc1. The van der Waals surface area contributed by atoms with Gasteiger partial charge in [0.25, 0.3) is 0 Å². The quantitative estimate of drug-likeness (QED) is 0.826. The van der Waals surface area contributed by atoms with Crippen LogP contribution in [0.25, 0.3) is 0 Å². The largest absolute Gasteiger partial charge is 0.341 e. The number of hydrogen-bond donors (Lipinski definition) is 1. The Hall–Kier alpha value is -1.80. The van der Waals surface area contributed by atoms with Gasteiger partial charge in [-0.15, -0.1) is 0 Å². The zero-order valence-corrected chi connectivity index (χ0v) is 12.4. The van der Waals surface area contributed by atoms with Crippen LogP contribution in [-0.4, -0.2) is 6.54 Å². The van der Waals surface area contributed by atoms with Gasteiger partial charge in [0.1, 0.15) is 0 Å². The van der Waals surface area contributed by atoms with E-state index in [9.17, 15) is 0 Å². The molecule has 2 nitrogen and oxygen atoms in total. The Morgan fingerprint density at radius 3 is 2.10 bits per heavy atom. The summed E-state index contributed by atoms with van der Waals surface area (Å²) in [6.45, 7) is 5.28. The summed E-state index contributed by atoms with van der Waals surface area (Å²) in [5.74, 6) is 0. The van der Waals surface area contributed by atoms with Crippen molar-refractivity contribution in [2.45, 2.75) is 32.7 Å². The molecule has 2 heteroatoms. The van der Waals surface area contributed by atoms with Crippen LogP contribution in [0.2, 0.25) is 0 Å². The summed E-state index contributed by atoms with van der Waals surface area (Å²) in [4.78, 5) is 2.37. The Balaban J connectivity index is 2.26. The lowest BCUT2D eigenvalue weighted by Gasteiger charge is -2.25. The van der Waals surface area contributed by atoms with Crippen LogP contribution in [0.4, 0.5) is 11.4 Å². The molecule has 1 unspecified atom stereocenters. The fourth-order valence-electron chi connectivity index (χ4n) is 2.29. The molecular weight excluding hydrogens is 244 g/mol. The van der Waals surface area contributed by atoms with Gasteiger partial charge >= 0.3 is 0 Å². The molecule has 0 bridgehead atoms. The smallest absolute Gasteiger partial charge is 0.0410 e. The molecule has 0 radical (unpaired) electrons. The summed E-state index contributed by atoms with van der Waals surface area (Å²) in [7, 11) is 0. The molecule has 0 fully saturated rings. The van der Waals surface area contributed by atoms with Gasteiger partial charge in [-0.05, 0) is 43.2 Å². The molecule has 0 aromatic heterocycles. The molecular formula is C18H24N2. The highest BCUT2D eigenvalue weighted by molar-refractivity contribution is 5.63. The molecule has 2 aromatic rings. The van der Waals surface area contributed by atoms with Crippen LogP contribution in [0.5, 0.6) is 0 Å². The highest BCUT2D eigenvalue weighted by Crippen LogP contribution is 2.26. The maximum atomic E-state index is 5.92. The van der Waals surface area contributed by atoms with Gasteiger partial charge in [0.2, 0.25) is 0 Å². The Bertz CT molecular complexity index is 503. The van der Waals surface area contributed by atoms with E-state index in [1.54, 1.807) is 0 Å². The van der Waals surface area contributed by atoms with Crippen molar-refractivity contribution in [3.63, 3.8) is 0 Å². The van der Waals surface area contributed by atoms with Gasteiger partial charge in [-0.3, -0.25) is 0 Å². The van der Waals surface area contributed by atoms with E-state index in [1.165, 1.54) is 29.8 Å². The minimum absolute atomic E-state index is 0.0878. The number of benzene rings is 2. The first kappa shape index (κ1) is 14.6. The second-order valence-electron chi connectivity index (χ2n) is 5.22. The van der Waals surface area contributed by atoms with Gasteiger partial charge in [0.15, 0.2) is 0 Å². The van der Waals surface area contributed by atoms with Crippen LogP contribution >= 0.6 is 0 Å². The molecule has 0 aliphatic carbocycles. The van der Waals surface area contributed by atoms with E-state index in [4.69, 9.17) is 5.73 Å². The van der Waals surface area contributed by atoms with Crippen molar-refractivity contribution in [2.24, 2.45) is 5.73 Å². The van der Waals surface area contributed by atoms with Crippen molar-refractivity contribution in [3.05, 3.63) is 60.2 Å². The summed E-state index contributed by atoms with van der Waals surface area (Å²) in [6, 6.07) is 19.2. The first-order valence-corrected chi connectivity index (χ1v) is 7.40. The van der Waals surface area contributed by atoms with Crippen molar-refractivity contribution in [1.82, 2.24) is 0 Å². The predicted octanol–water partition coefficient (Wildman–Crippen LogP) is 4.64. The molecule has 2 N–H and O–H groups in total. The monoisotopic (exact) mass is 268 g/mol. The minimum atomic E-state index is 0.0878. The fraction of sp³-hybridized carbons (Fsp3) is 0.333. The van der Waals surface area contributed by atoms with Crippen LogP contribution in [0, 0.1) is 0 Å². The lowest BCUT2D eigenvalue weighted by Crippen LogP contribution is -2.18. The maximum Gasteiger partial charge on any atom is 0.0410 e. The van der Waals surface area contributed by atoms with Gasteiger partial charge in [0.05, 0.1) is 0 Å². The molecule has 0 spiro atoms. The van der Waals surface area contributed by atoms with Crippen molar-refractivity contribution in [1.29, 1.82) is 0 Å². The molecule has 1 atom stereocenters. The summed E-state index contributed by atoms with van der Waals surface area (Å²) < 4.78 is 0. The molecule has 2 rings (SSSR count). The van der Waals surface area contributed by atoms with Crippen LogP contribution in [-0.2, 0) is 0 Å². The summed E-state index contributed by atoms with van der Waals surface area (Å²) in [5.41, 5.74) is 9.57. The summed E-state index contributed by atoms with van der Waals surface area (Å²) >= 11 is 0. The third-order valence-corrected chi connectivity index (χ3v) is 3.53. The van der Waals surface area contributed by atoms with Gasteiger partial charge < -0.3 is 10.6 Å². The molecule has 0 aliphatic rings. The number of nitrogens with two attached hydrogens (primary N) is 1. The highest BCUT2D eigenvalue weighted by atomic mass is 15.1. The minimum Gasteiger partial charge on any atom is -0.341 e. The lowest BCUT2D eigenvalue weighted by molar-refractivity contribution is 0.784. The molecule has 0 saturated carbocycles. The molecule has 0 aliphatic heterocycles. The van der Waals surface area contributed by atoms with Gasteiger partial charge in [-0.1, -0.05) is 43.7 Å². The second kappa shape index (κ2) is 7.11. The number of unbranched alkanes of at least 4 members (excludes halogenated alkanes) is 1. The fourth-order valence-corrected chi connectivity index (χ4v) is 2.29. The molecule has 0 heterocycles. The van der Waals surface area contributed by atoms with Crippen molar-refractivity contribution >= 4 is 11.4 Å². The number of hydrogen-bond acceptors (Lipinski definition) is 2. The Morgan fingerprint density at radius 2 is 1.55 bits per heavy atom. The number of para-hydroxylation sites is 1. The lowest BCUT2D eigenvalue weighted by atomic mass is 10.1. The third-order valence-electron chi connectivity index (χ3n) is 3.53. The average Bonchev–Trinajstić information content (AvgIpc) is 2.49. The highest BCUT2D eigenvalue weighted by Gasteiger charge is 2.09. The topological polar surface area (TPSA) is 29.3 Å². The van der Waals surface area contributed by atoms with Crippen molar-refractivity contribution < 1.29 is 0 Å². The first-order valence-electron chi connectivity index (χ1n) is 7.40. The zero-order valence-electron chi connectivity index (χ0n) is 12.4. The molecule has 20 heavy (non-hydrogen) atoms. The van der Waals surface area contributed by atoms with E-state index in [0.29, 0.717) is 0 Å². The maximum absolute atomic E-state index is 5.92. The first-order chi connectivity index (χ1) is 9.72. The normalized spacial score (nSPS) is 12.2. The standard InChI is InChI=1S/C18H24N2/c1-3-4-14-20(17-8-6-5-7-9-17)18-12-10-16(11-13-18)15(2)19/h5-13,15H,3-4,14,19H2,1-2H3. The second-order valence-corrected chi connectivity index (χ2v) is 5.22. The Morgan fingerprint density at radius 1 is 0.950 bits per heavy atom. The van der Waals surface area contributed by atoms with E-state index in [0.717, 1.165) is 6.54 Å². The Labute approximate surface area is 122 Å². The molecule has 2 aromatic carbocycles. The average molecular weight is 268 g/mol. The van der Waals surface area contributed by atoms with E-state index in [-0.39, 0.29) is 6.04 Å². The number of rotatable bonds is 6. The van der Waals surface area contributed by atoms with E-state index in [2.05, 4.69) is 66.4 Å². The van der Waals surface area contributed by atoms with Crippen molar-refractivity contribution in [3.8, 4) is 0 Å². The van der Waals surface area contributed by atoms with Crippen LogP contribution < -0.4 is 10.6 Å². The molecule has 0 saturated heterocycles. The van der Waals surface area contributed by atoms with E-state index >= 15 is 0 Å². The van der Waals surface area contributed by atoms with Gasteiger partial charge in [0, 0.05) is 24.0 Å². The number of nitrogens with zero attached hydrogens (tertiary/aromatic N) is 1. The van der Waals surface area contributed by atoms with Crippen LogP contribution in [0.15, 0.2) is 54.6 Å². The molecule has 106 valence electrons. The molecule has 0 amide bonds. The third kappa shape index (κ3) is 3.61. The van der Waals surface area contributed by atoms with Gasteiger partial charge in [-0.2, -0.15) is 0 Å². The van der Waals surface area contributed by atoms with Crippen LogP contribution in [0.1, 0.15) is 38.3 Å². The summed E-state index contributed by atoms with van der Waals surface area (Å²) in [6.07, 6.45) is 2.38. The Kier molecular flexibility index (Phi) is 5.19. The zero-order chi connectivity index (χ0) is 14.4. The van der Waals surface area contributed by atoms with E-state index in [1.807, 2.05) is 6.92 Å². The van der Waals surface area contributed by atoms with E-state index < -0.39 is 0 Å². The summed E-state index contributed by atoms with van der Waals surface area (Å²) in [5, 5.41) is 0. The van der Waals surface area contributed by atoms with Gasteiger partial charge in [-0.25, -0.2) is 0 Å². The van der Waals surface area contributed by atoms with Crippen LogP contribution in [0.3, 0.4) is 0 Å².